The van der Waals surface area contributed by atoms with Crippen molar-refractivity contribution in [1.29, 1.82) is 0 Å². The summed E-state index contributed by atoms with van der Waals surface area (Å²) >= 11 is 0. The molecule has 1 aliphatic carbocycles. The van der Waals surface area contributed by atoms with E-state index < -0.39 is 47.9 Å². The predicted molar refractivity (Wildman–Crippen MR) is 149 cm³/mol. The minimum Gasteiger partial charge on any atom is -0.457 e. The SMILES string of the molecule is CC(C)[C@@]12C[C@@H](OC(=O)COC(=O)c3ccccc3)[C@@](C)(O1)[C@@H]1CC[C@@H](C)[C@H]1[C@@H]2OC(=O)/C=C/c1ccccc1. The first-order valence-electron chi connectivity index (χ1n) is 14.2. The summed E-state index contributed by atoms with van der Waals surface area (Å²) in [6.45, 7) is 7.87. The molecule has 0 radical (unpaired) electrons. The molecule has 1 saturated carbocycles. The molecule has 0 unspecified atom stereocenters. The number of benzene rings is 2. The van der Waals surface area contributed by atoms with Gasteiger partial charge in [0.15, 0.2) is 6.61 Å². The van der Waals surface area contributed by atoms with Crippen LogP contribution in [-0.4, -0.2) is 47.9 Å². The van der Waals surface area contributed by atoms with Gasteiger partial charge in [-0.3, -0.25) is 0 Å². The Kier molecular flexibility index (Phi) is 7.87. The number of hydrogen-bond acceptors (Lipinski definition) is 7. The molecule has 0 N–H and O–H groups in total. The van der Waals surface area contributed by atoms with Crippen LogP contribution in [-0.2, 0) is 28.5 Å². The zero-order valence-electron chi connectivity index (χ0n) is 23.6. The number of ether oxygens (including phenoxy) is 4. The molecular formula is C33H38O7. The van der Waals surface area contributed by atoms with Crippen molar-refractivity contribution in [3.05, 3.63) is 77.9 Å². The van der Waals surface area contributed by atoms with Gasteiger partial charge < -0.3 is 18.9 Å². The molecule has 0 spiro atoms. The number of rotatable bonds is 8. The monoisotopic (exact) mass is 546 g/mol. The maximum absolute atomic E-state index is 13.1. The third-order valence-corrected chi connectivity index (χ3v) is 9.21. The van der Waals surface area contributed by atoms with E-state index in [1.54, 1.807) is 36.4 Å². The number of hydrogen-bond donors (Lipinski definition) is 0. The van der Waals surface area contributed by atoms with Gasteiger partial charge in [-0.2, -0.15) is 0 Å². The van der Waals surface area contributed by atoms with E-state index in [1.807, 2.05) is 37.3 Å². The largest absolute Gasteiger partial charge is 0.457 e. The zero-order valence-corrected chi connectivity index (χ0v) is 23.6. The fourth-order valence-corrected chi connectivity index (χ4v) is 7.11. The molecule has 7 atom stereocenters. The maximum Gasteiger partial charge on any atom is 0.344 e. The van der Waals surface area contributed by atoms with E-state index in [0.717, 1.165) is 18.4 Å². The van der Waals surface area contributed by atoms with Crippen molar-refractivity contribution in [2.45, 2.75) is 70.4 Å². The van der Waals surface area contributed by atoms with E-state index in [4.69, 9.17) is 18.9 Å². The second kappa shape index (κ2) is 11.2. The Balaban J connectivity index is 1.34. The highest BCUT2D eigenvalue weighted by Crippen LogP contribution is 2.63. The van der Waals surface area contributed by atoms with E-state index in [1.165, 1.54) is 6.08 Å². The van der Waals surface area contributed by atoms with Crippen LogP contribution < -0.4 is 0 Å². The first-order valence-corrected chi connectivity index (χ1v) is 14.2. The molecule has 2 aliphatic heterocycles. The highest BCUT2D eigenvalue weighted by Gasteiger charge is 2.72. The molecule has 0 amide bonds. The van der Waals surface area contributed by atoms with Gasteiger partial charge in [0.2, 0.25) is 0 Å². The summed E-state index contributed by atoms with van der Waals surface area (Å²) in [5.41, 5.74) is -0.258. The lowest BCUT2D eigenvalue weighted by Gasteiger charge is -2.52. The van der Waals surface area contributed by atoms with Gasteiger partial charge in [0, 0.05) is 18.4 Å². The van der Waals surface area contributed by atoms with Crippen molar-refractivity contribution in [1.82, 2.24) is 0 Å². The average molecular weight is 547 g/mol. The van der Waals surface area contributed by atoms with Crippen LogP contribution in [0.15, 0.2) is 66.7 Å². The second-order valence-electron chi connectivity index (χ2n) is 11.9. The van der Waals surface area contributed by atoms with Gasteiger partial charge in [-0.15, -0.1) is 0 Å². The number of esters is 3. The Labute approximate surface area is 235 Å². The lowest BCUT2D eigenvalue weighted by molar-refractivity contribution is -0.264. The van der Waals surface area contributed by atoms with Crippen LogP contribution in [0.25, 0.3) is 6.08 Å². The first kappa shape index (κ1) is 28.1. The van der Waals surface area contributed by atoms with Gasteiger partial charge >= 0.3 is 17.9 Å². The van der Waals surface area contributed by atoms with Gasteiger partial charge in [-0.1, -0.05) is 69.3 Å². The Morgan fingerprint density at radius 3 is 2.35 bits per heavy atom. The van der Waals surface area contributed by atoms with Crippen LogP contribution in [0.5, 0.6) is 0 Å². The van der Waals surface area contributed by atoms with Crippen LogP contribution in [0.3, 0.4) is 0 Å². The molecule has 3 aliphatic rings. The van der Waals surface area contributed by atoms with Crippen LogP contribution in [0, 0.1) is 23.7 Å². The molecule has 3 fully saturated rings. The summed E-state index contributed by atoms with van der Waals surface area (Å²) in [4.78, 5) is 38.4. The maximum atomic E-state index is 13.1. The molecule has 0 aromatic heterocycles. The molecule has 40 heavy (non-hydrogen) atoms. The molecule has 7 heteroatoms. The minimum atomic E-state index is -0.809. The Bertz CT molecular complexity index is 1260. The highest BCUT2D eigenvalue weighted by molar-refractivity contribution is 5.90. The van der Waals surface area contributed by atoms with Gasteiger partial charge in [0.25, 0.3) is 0 Å². The quantitative estimate of drug-likeness (QED) is 0.241. The van der Waals surface area contributed by atoms with E-state index in [0.29, 0.717) is 17.9 Å². The molecule has 2 aromatic carbocycles. The summed E-state index contributed by atoms with van der Waals surface area (Å²) in [6.07, 6.45) is 4.46. The van der Waals surface area contributed by atoms with Gasteiger partial charge in [0.05, 0.1) is 5.56 Å². The Morgan fingerprint density at radius 2 is 1.68 bits per heavy atom. The van der Waals surface area contributed by atoms with Crippen molar-refractivity contribution in [3.8, 4) is 0 Å². The van der Waals surface area contributed by atoms with E-state index >= 15 is 0 Å². The molecular weight excluding hydrogens is 508 g/mol. The van der Waals surface area contributed by atoms with E-state index in [9.17, 15) is 14.4 Å². The van der Waals surface area contributed by atoms with Crippen molar-refractivity contribution in [3.63, 3.8) is 0 Å². The van der Waals surface area contributed by atoms with Crippen molar-refractivity contribution in [2.24, 2.45) is 23.7 Å². The molecule has 212 valence electrons. The van der Waals surface area contributed by atoms with Gasteiger partial charge in [-0.25, -0.2) is 14.4 Å². The molecule has 2 saturated heterocycles. The third-order valence-electron chi connectivity index (χ3n) is 9.21. The minimum absolute atomic E-state index is 0.00362. The fourth-order valence-electron chi connectivity index (χ4n) is 7.11. The number of fused-ring (bicyclic) bond motifs is 4. The Hall–Kier alpha value is -3.45. The first-order chi connectivity index (χ1) is 19.1. The van der Waals surface area contributed by atoms with Crippen molar-refractivity contribution >= 4 is 24.0 Å². The smallest absolute Gasteiger partial charge is 0.344 e. The molecule has 2 aromatic rings. The highest BCUT2D eigenvalue weighted by atomic mass is 16.6. The standard InChI is InChI=1S/C33H38O7/c1-21(2)33-19-26(38-28(35)20-37-31(36)24-13-9-6-10-14-24)32(4,40-33)25-17-15-22(3)29(25)30(33)39-27(34)18-16-23-11-7-5-8-12-23/h5-14,16,18,21-22,25-26,29-30H,15,17,19-20H2,1-4H3/b18-16+/t22-,25-,26-,29-,30+,32+,33-/m1/s1. The number of carbonyl (C=O) groups is 3. The lowest BCUT2D eigenvalue weighted by atomic mass is 9.69. The average Bonchev–Trinajstić information content (AvgIpc) is 3.47. The van der Waals surface area contributed by atoms with Crippen LogP contribution in [0.1, 0.15) is 62.9 Å². The second-order valence-corrected chi connectivity index (χ2v) is 11.9. The van der Waals surface area contributed by atoms with Gasteiger partial charge in [0.1, 0.15) is 23.4 Å². The van der Waals surface area contributed by atoms with Crippen LogP contribution in [0.4, 0.5) is 0 Å². The molecule has 2 bridgehead atoms. The van der Waals surface area contributed by atoms with E-state index in [-0.39, 0.29) is 17.8 Å². The normalized spacial score (nSPS) is 32.6. The van der Waals surface area contributed by atoms with Crippen molar-refractivity contribution < 1.29 is 33.3 Å². The summed E-state index contributed by atoms with van der Waals surface area (Å²) in [7, 11) is 0. The van der Waals surface area contributed by atoms with E-state index in [2.05, 4.69) is 20.8 Å². The van der Waals surface area contributed by atoms with Crippen LogP contribution in [0.2, 0.25) is 0 Å². The van der Waals surface area contributed by atoms with Gasteiger partial charge in [-0.05, 0) is 61.3 Å². The molecule has 5 rings (SSSR count). The summed E-state index contributed by atoms with van der Waals surface area (Å²) in [5, 5.41) is 0. The fraction of sp³-hybridized carbons (Fsp3) is 0.485. The summed E-state index contributed by atoms with van der Waals surface area (Å²) < 4.78 is 24.4. The van der Waals surface area contributed by atoms with Crippen LogP contribution >= 0.6 is 0 Å². The summed E-state index contributed by atoms with van der Waals surface area (Å²) in [5.74, 6) is -1.16. The van der Waals surface area contributed by atoms with Crippen molar-refractivity contribution in [2.75, 3.05) is 6.61 Å². The zero-order chi connectivity index (χ0) is 28.5. The number of carbonyl (C=O) groups excluding carboxylic acids is 3. The third kappa shape index (κ3) is 5.19. The topological polar surface area (TPSA) is 88.1 Å². The Morgan fingerprint density at radius 1 is 1.00 bits per heavy atom. The molecule has 2 heterocycles. The molecule has 7 nitrogen and oxygen atoms in total. The predicted octanol–water partition coefficient (Wildman–Crippen LogP) is 5.63. The lowest BCUT2D eigenvalue weighted by Crippen LogP contribution is -2.62. The summed E-state index contributed by atoms with van der Waals surface area (Å²) in [6, 6.07) is 18.2.